The third-order valence-corrected chi connectivity index (χ3v) is 3.77. The van der Waals surface area contributed by atoms with Gasteiger partial charge in [0.1, 0.15) is 17.2 Å². The van der Waals surface area contributed by atoms with Gasteiger partial charge in [-0.1, -0.05) is 18.2 Å². The molecule has 0 aliphatic rings. The SMILES string of the molecule is CCOc1ccc(NC(=O)COC(=O)CCOc2ccccc2C)c([N+](=O)[O-])c1. The fourth-order valence-corrected chi connectivity index (χ4v) is 2.39. The highest BCUT2D eigenvalue weighted by atomic mass is 16.6. The first-order chi connectivity index (χ1) is 13.9. The van der Waals surface area contributed by atoms with Crippen LogP contribution in [0.3, 0.4) is 0 Å². The van der Waals surface area contributed by atoms with E-state index in [4.69, 9.17) is 14.2 Å². The summed E-state index contributed by atoms with van der Waals surface area (Å²) in [7, 11) is 0. The first-order valence-corrected chi connectivity index (χ1v) is 8.95. The molecular weight excluding hydrogens is 380 g/mol. The number of nitro benzene ring substituents is 1. The van der Waals surface area contributed by atoms with Crippen molar-refractivity contribution in [1.29, 1.82) is 0 Å². The van der Waals surface area contributed by atoms with Crippen LogP contribution in [0.1, 0.15) is 18.9 Å². The van der Waals surface area contributed by atoms with Crippen molar-refractivity contribution in [3.05, 3.63) is 58.1 Å². The van der Waals surface area contributed by atoms with Gasteiger partial charge in [-0.05, 0) is 37.6 Å². The van der Waals surface area contributed by atoms with E-state index in [0.717, 1.165) is 5.56 Å². The smallest absolute Gasteiger partial charge is 0.309 e. The zero-order chi connectivity index (χ0) is 21.2. The van der Waals surface area contributed by atoms with Crippen LogP contribution < -0.4 is 14.8 Å². The molecule has 0 aliphatic heterocycles. The highest BCUT2D eigenvalue weighted by Gasteiger charge is 2.18. The van der Waals surface area contributed by atoms with Crippen LogP contribution in [0, 0.1) is 17.0 Å². The van der Waals surface area contributed by atoms with Crippen molar-refractivity contribution in [2.24, 2.45) is 0 Å². The quantitative estimate of drug-likeness (QED) is 0.368. The number of anilines is 1. The van der Waals surface area contributed by atoms with Gasteiger partial charge in [-0.25, -0.2) is 0 Å². The van der Waals surface area contributed by atoms with Crippen LogP contribution in [0.25, 0.3) is 0 Å². The number of hydrogen-bond acceptors (Lipinski definition) is 7. The zero-order valence-electron chi connectivity index (χ0n) is 16.2. The van der Waals surface area contributed by atoms with E-state index in [0.29, 0.717) is 18.1 Å². The van der Waals surface area contributed by atoms with Crippen molar-refractivity contribution in [2.45, 2.75) is 20.3 Å². The number of esters is 1. The van der Waals surface area contributed by atoms with Gasteiger partial charge in [-0.3, -0.25) is 19.7 Å². The van der Waals surface area contributed by atoms with Gasteiger partial charge in [0.25, 0.3) is 11.6 Å². The average Bonchev–Trinajstić information content (AvgIpc) is 2.69. The molecule has 2 aromatic carbocycles. The average molecular weight is 402 g/mol. The summed E-state index contributed by atoms with van der Waals surface area (Å²) in [5, 5.41) is 13.5. The summed E-state index contributed by atoms with van der Waals surface area (Å²) >= 11 is 0. The molecule has 9 nitrogen and oxygen atoms in total. The van der Waals surface area contributed by atoms with Gasteiger partial charge in [0.05, 0.1) is 30.6 Å². The fourth-order valence-electron chi connectivity index (χ4n) is 2.39. The molecule has 2 aromatic rings. The van der Waals surface area contributed by atoms with E-state index in [1.165, 1.54) is 18.2 Å². The normalized spacial score (nSPS) is 10.1. The Morgan fingerprint density at radius 1 is 1.14 bits per heavy atom. The van der Waals surface area contributed by atoms with E-state index in [-0.39, 0.29) is 24.4 Å². The van der Waals surface area contributed by atoms with Gasteiger partial charge in [0.15, 0.2) is 6.61 Å². The Hall–Kier alpha value is -3.62. The lowest BCUT2D eigenvalue weighted by Crippen LogP contribution is -2.22. The molecule has 0 bridgehead atoms. The van der Waals surface area contributed by atoms with Crippen LogP contribution in [0.5, 0.6) is 11.5 Å². The highest BCUT2D eigenvalue weighted by molar-refractivity contribution is 5.95. The van der Waals surface area contributed by atoms with Crippen LogP contribution >= 0.6 is 0 Å². The van der Waals surface area contributed by atoms with Crippen molar-refractivity contribution in [2.75, 3.05) is 25.1 Å². The van der Waals surface area contributed by atoms with Gasteiger partial charge < -0.3 is 19.5 Å². The second-order valence-corrected chi connectivity index (χ2v) is 5.94. The lowest BCUT2D eigenvalue weighted by Gasteiger charge is -2.10. The van der Waals surface area contributed by atoms with E-state index < -0.39 is 23.4 Å². The molecule has 1 N–H and O–H groups in total. The number of carbonyl (C=O) groups is 2. The summed E-state index contributed by atoms with van der Waals surface area (Å²) in [6.07, 6.45) is -0.0369. The first kappa shape index (κ1) is 21.7. The number of ether oxygens (including phenoxy) is 3. The summed E-state index contributed by atoms with van der Waals surface area (Å²) in [5.74, 6) is -0.321. The predicted octanol–water partition coefficient (Wildman–Crippen LogP) is 3.25. The molecule has 2 rings (SSSR count). The monoisotopic (exact) mass is 402 g/mol. The van der Waals surface area contributed by atoms with Crippen LogP contribution in [0.2, 0.25) is 0 Å². The van der Waals surface area contributed by atoms with Gasteiger partial charge in [0, 0.05) is 0 Å². The maximum Gasteiger partial charge on any atom is 0.309 e. The standard InChI is InChI=1S/C20H22N2O7/c1-3-27-15-8-9-16(17(12-15)22(25)26)21-19(23)13-29-20(24)10-11-28-18-7-5-4-6-14(18)2/h4-9,12H,3,10-11,13H2,1-2H3,(H,21,23). The third kappa shape index (κ3) is 6.80. The van der Waals surface area contributed by atoms with Crippen LogP contribution in [-0.2, 0) is 14.3 Å². The van der Waals surface area contributed by atoms with Crippen molar-refractivity contribution >= 4 is 23.3 Å². The second-order valence-electron chi connectivity index (χ2n) is 5.94. The van der Waals surface area contributed by atoms with Gasteiger partial charge >= 0.3 is 5.97 Å². The molecule has 0 aromatic heterocycles. The first-order valence-electron chi connectivity index (χ1n) is 8.95. The molecule has 0 aliphatic carbocycles. The molecule has 9 heteroatoms. The molecule has 0 atom stereocenters. The van der Waals surface area contributed by atoms with E-state index in [1.807, 2.05) is 25.1 Å². The number of rotatable bonds is 10. The van der Waals surface area contributed by atoms with Crippen LogP contribution in [-0.4, -0.2) is 36.6 Å². The minimum absolute atomic E-state index is 0.0117. The summed E-state index contributed by atoms with van der Waals surface area (Å²) in [6.45, 7) is 3.54. The number of nitrogens with one attached hydrogen (secondary N) is 1. The Bertz CT molecular complexity index is 883. The van der Waals surface area contributed by atoms with Crippen molar-refractivity contribution in [1.82, 2.24) is 0 Å². The minimum Gasteiger partial charge on any atom is -0.494 e. The topological polar surface area (TPSA) is 117 Å². The van der Waals surface area contributed by atoms with Crippen molar-refractivity contribution in [3.63, 3.8) is 0 Å². The molecule has 0 radical (unpaired) electrons. The van der Waals surface area contributed by atoms with Gasteiger partial charge in [-0.15, -0.1) is 0 Å². The number of amides is 1. The largest absolute Gasteiger partial charge is 0.494 e. The Labute approximate surface area is 167 Å². The number of carbonyl (C=O) groups excluding carboxylic acids is 2. The molecular formula is C20H22N2O7. The number of nitrogens with zero attached hydrogens (tertiary/aromatic N) is 1. The molecule has 0 spiro atoms. The van der Waals surface area contributed by atoms with Crippen molar-refractivity contribution < 1.29 is 28.7 Å². The van der Waals surface area contributed by atoms with E-state index in [1.54, 1.807) is 13.0 Å². The summed E-state index contributed by atoms with van der Waals surface area (Å²) in [5.41, 5.74) is 0.613. The molecule has 0 saturated carbocycles. The Morgan fingerprint density at radius 3 is 2.59 bits per heavy atom. The molecule has 0 fully saturated rings. The molecule has 0 heterocycles. The maximum atomic E-state index is 12.0. The molecule has 154 valence electrons. The zero-order valence-corrected chi connectivity index (χ0v) is 16.2. The van der Waals surface area contributed by atoms with Gasteiger partial charge in [-0.2, -0.15) is 0 Å². The van der Waals surface area contributed by atoms with E-state index in [9.17, 15) is 19.7 Å². The summed E-state index contributed by atoms with van der Waals surface area (Å²) < 4.78 is 15.6. The molecule has 1 amide bonds. The maximum absolute atomic E-state index is 12.0. The highest BCUT2D eigenvalue weighted by Crippen LogP contribution is 2.29. The third-order valence-electron chi connectivity index (χ3n) is 3.77. The molecule has 0 saturated heterocycles. The number of aryl methyl sites for hydroxylation is 1. The summed E-state index contributed by atoms with van der Waals surface area (Å²) in [6, 6.07) is 11.5. The van der Waals surface area contributed by atoms with E-state index >= 15 is 0 Å². The molecule has 0 unspecified atom stereocenters. The number of hydrogen-bond donors (Lipinski definition) is 1. The Kier molecular flexibility index (Phi) is 7.96. The van der Waals surface area contributed by atoms with Crippen LogP contribution in [0.4, 0.5) is 11.4 Å². The van der Waals surface area contributed by atoms with Crippen molar-refractivity contribution in [3.8, 4) is 11.5 Å². The number of nitro groups is 1. The Morgan fingerprint density at radius 2 is 1.90 bits per heavy atom. The van der Waals surface area contributed by atoms with E-state index in [2.05, 4.69) is 5.32 Å². The fraction of sp³-hybridized carbons (Fsp3) is 0.300. The number of benzene rings is 2. The lowest BCUT2D eigenvalue weighted by atomic mass is 10.2. The van der Waals surface area contributed by atoms with Crippen LogP contribution in [0.15, 0.2) is 42.5 Å². The van der Waals surface area contributed by atoms with Gasteiger partial charge in [0.2, 0.25) is 0 Å². The summed E-state index contributed by atoms with van der Waals surface area (Å²) in [4.78, 5) is 34.3. The number of para-hydroxylation sites is 1. The Balaban J connectivity index is 1.81. The minimum atomic E-state index is -0.689. The lowest BCUT2D eigenvalue weighted by molar-refractivity contribution is -0.384. The molecule has 29 heavy (non-hydrogen) atoms. The second kappa shape index (κ2) is 10.6. The predicted molar refractivity (Wildman–Crippen MR) is 105 cm³/mol.